The van der Waals surface area contributed by atoms with E-state index in [-0.39, 0.29) is 0 Å². The summed E-state index contributed by atoms with van der Waals surface area (Å²) in [7, 11) is 0. The van der Waals surface area contributed by atoms with Crippen molar-refractivity contribution in [3.05, 3.63) is 36.2 Å². The minimum Gasteiger partial charge on any atom is -0.346 e. The molecule has 3 heteroatoms. The van der Waals surface area contributed by atoms with E-state index in [4.69, 9.17) is 5.73 Å². The lowest BCUT2D eigenvalue weighted by Gasteiger charge is -1.88. The first-order valence-electron chi connectivity index (χ1n) is 4.20. The van der Waals surface area contributed by atoms with Gasteiger partial charge in [-0.25, -0.2) is 4.98 Å². The Bertz CT molecular complexity index is 428. The van der Waals surface area contributed by atoms with Crippen LogP contribution in [0.1, 0.15) is 5.56 Å². The van der Waals surface area contributed by atoms with Crippen molar-refractivity contribution >= 4 is 17.1 Å². The maximum absolute atomic E-state index is 5.38. The molecular formula is C10H11N3. The van der Waals surface area contributed by atoms with Gasteiger partial charge < -0.3 is 10.7 Å². The number of hydrogen-bond donors (Lipinski definition) is 2. The molecule has 0 bridgehead atoms. The van der Waals surface area contributed by atoms with E-state index in [0.29, 0.717) is 6.54 Å². The Morgan fingerprint density at radius 1 is 1.54 bits per heavy atom. The zero-order valence-electron chi connectivity index (χ0n) is 7.20. The first-order valence-corrected chi connectivity index (χ1v) is 4.20. The van der Waals surface area contributed by atoms with Crippen molar-refractivity contribution in [3.63, 3.8) is 0 Å². The highest BCUT2D eigenvalue weighted by Gasteiger charge is 1.98. The number of nitrogens with zero attached hydrogens (tertiary/aromatic N) is 1. The van der Waals surface area contributed by atoms with Crippen LogP contribution in [-0.4, -0.2) is 16.5 Å². The second-order valence-electron chi connectivity index (χ2n) is 2.78. The van der Waals surface area contributed by atoms with E-state index in [1.807, 2.05) is 30.5 Å². The summed E-state index contributed by atoms with van der Waals surface area (Å²) in [5.41, 5.74) is 7.43. The van der Waals surface area contributed by atoms with Crippen molar-refractivity contribution in [2.24, 2.45) is 5.73 Å². The number of H-pyrrole nitrogens is 1. The Morgan fingerprint density at radius 2 is 2.46 bits per heavy atom. The Balaban J connectivity index is 2.52. The van der Waals surface area contributed by atoms with Crippen molar-refractivity contribution in [2.75, 3.05) is 6.54 Å². The van der Waals surface area contributed by atoms with Crippen LogP contribution in [0.5, 0.6) is 0 Å². The van der Waals surface area contributed by atoms with Gasteiger partial charge in [-0.05, 0) is 12.1 Å². The SMILES string of the molecule is NCC=Cc1c[nH]c2ncccc12. The van der Waals surface area contributed by atoms with Crippen LogP contribution in [0, 0.1) is 0 Å². The van der Waals surface area contributed by atoms with E-state index in [9.17, 15) is 0 Å². The highest BCUT2D eigenvalue weighted by atomic mass is 14.8. The molecule has 66 valence electrons. The molecule has 0 fully saturated rings. The average Bonchev–Trinajstić information content (AvgIpc) is 2.58. The van der Waals surface area contributed by atoms with Gasteiger partial charge in [-0.1, -0.05) is 12.2 Å². The van der Waals surface area contributed by atoms with E-state index < -0.39 is 0 Å². The summed E-state index contributed by atoms with van der Waals surface area (Å²) in [6.45, 7) is 0.562. The molecule has 0 aliphatic heterocycles. The van der Waals surface area contributed by atoms with Crippen LogP contribution in [0.2, 0.25) is 0 Å². The molecule has 0 amide bonds. The summed E-state index contributed by atoms with van der Waals surface area (Å²) in [5.74, 6) is 0. The predicted molar refractivity (Wildman–Crippen MR) is 54.2 cm³/mol. The smallest absolute Gasteiger partial charge is 0.137 e. The van der Waals surface area contributed by atoms with Gasteiger partial charge in [0.1, 0.15) is 5.65 Å². The van der Waals surface area contributed by atoms with Gasteiger partial charge in [0, 0.05) is 29.9 Å². The standard InChI is InChI=1S/C10H11N3/c11-5-1-3-8-7-13-10-9(8)4-2-6-12-10/h1-4,6-7H,5,11H2,(H,12,13). The molecule has 0 saturated heterocycles. The first kappa shape index (κ1) is 8.01. The second kappa shape index (κ2) is 3.41. The molecular weight excluding hydrogens is 162 g/mol. The number of nitrogens with two attached hydrogens (primary N) is 1. The summed E-state index contributed by atoms with van der Waals surface area (Å²) in [6, 6.07) is 3.96. The molecule has 0 aliphatic rings. The van der Waals surface area contributed by atoms with Crippen molar-refractivity contribution in [3.8, 4) is 0 Å². The topological polar surface area (TPSA) is 54.7 Å². The molecule has 2 aromatic heterocycles. The predicted octanol–water partition coefficient (Wildman–Crippen LogP) is 1.53. The van der Waals surface area contributed by atoms with E-state index in [1.165, 1.54) is 0 Å². The molecule has 2 heterocycles. The summed E-state index contributed by atoms with van der Waals surface area (Å²) < 4.78 is 0. The van der Waals surface area contributed by atoms with Crippen molar-refractivity contribution < 1.29 is 0 Å². The summed E-state index contributed by atoms with van der Waals surface area (Å²) in [5, 5.41) is 1.13. The van der Waals surface area contributed by atoms with Gasteiger partial charge in [0.25, 0.3) is 0 Å². The van der Waals surface area contributed by atoms with Crippen molar-refractivity contribution in [2.45, 2.75) is 0 Å². The molecule has 0 radical (unpaired) electrons. The maximum Gasteiger partial charge on any atom is 0.137 e. The van der Waals surface area contributed by atoms with E-state index in [0.717, 1.165) is 16.6 Å². The fourth-order valence-corrected chi connectivity index (χ4v) is 1.31. The minimum atomic E-state index is 0.562. The number of hydrogen-bond acceptors (Lipinski definition) is 2. The van der Waals surface area contributed by atoms with E-state index in [2.05, 4.69) is 9.97 Å². The van der Waals surface area contributed by atoms with Crippen LogP contribution in [0.4, 0.5) is 0 Å². The Hall–Kier alpha value is -1.61. The molecule has 0 atom stereocenters. The number of aromatic nitrogens is 2. The van der Waals surface area contributed by atoms with Crippen LogP contribution < -0.4 is 5.73 Å². The Labute approximate surface area is 76.3 Å². The van der Waals surface area contributed by atoms with Gasteiger partial charge in [-0.3, -0.25) is 0 Å². The highest BCUT2D eigenvalue weighted by Crippen LogP contribution is 2.16. The third kappa shape index (κ3) is 1.46. The number of rotatable bonds is 2. The molecule has 3 N–H and O–H groups in total. The molecule has 3 nitrogen and oxygen atoms in total. The highest BCUT2D eigenvalue weighted by molar-refractivity contribution is 5.85. The molecule has 0 aromatic carbocycles. The lowest BCUT2D eigenvalue weighted by Crippen LogP contribution is -1.91. The average molecular weight is 173 g/mol. The van der Waals surface area contributed by atoms with Gasteiger partial charge in [0.15, 0.2) is 0 Å². The molecule has 0 spiro atoms. The van der Waals surface area contributed by atoms with Gasteiger partial charge in [-0.2, -0.15) is 0 Å². The van der Waals surface area contributed by atoms with Crippen LogP contribution in [0.25, 0.3) is 17.1 Å². The van der Waals surface area contributed by atoms with Gasteiger partial charge in [0.05, 0.1) is 0 Å². The van der Waals surface area contributed by atoms with Crippen LogP contribution in [-0.2, 0) is 0 Å². The lowest BCUT2D eigenvalue weighted by atomic mass is 10.2. The minimum absolute atomic E-state index is 0.562. The molecule has 2 aromatic rings. The Kier molecular flexibility index (Phi) is 2.10. The zero-order chi connectivity index (χ0) is 9.10. The number of nitrogens with one attached hydrogen (secondary N) is 1. The summed E-state index contributed by atoms with van der Waals surface area (Å²) >= 11 is 0. The lowest BCUT2D eigenvalue weighted by molar-refractivity contribution is 1.26. The number of pyridine rings is 1. The van der Waals surface area contributed by atoms with Crippen LogP contribution in [0.15, 0.2) is 30.6 Å². The van der Waals surface area contributed by atoms with E-state index >= 15 is 0 Å². The molecule has 0 unspecified atom stereocenters. The zero-order valence-corrected chi connectivity index (χ0v) is 7.20. The normalized spacial score (nSPS) is 11.5. The molecule has 2 rings (SSSR count). The molecule has 0 aliphatic carbocycles. The maximum atomic E-state index is 5.38. The van der Waals surface area contributed by atoms with Gasteiger partial charge in [0.2, 0.25) is 0 Å². The monoisotopic (exact) mass is 173 g/mol. The molecule has 13 heavy (non-hydrogen) atoms. The van der Waals surface area contributed by atoms with E-state index in [1.54, 1.807) is 6.20 Å². The number of fused-ring (bicyclic) bond motifs is 1. The third-order valence-electron chi connectivity index (χ3n) is 1.92. The van der Waals surface area contributed by atoms with Gasteiger partial charge >= 0.3 is 0 Å². The van der Waals surface area contributed by atoms with Gasteiger partial charge in [-0.15, -0.1) is 0 Å². The first-order chi connectivity index (χ1) is 6.42. The van der Waals surface area contributed by atoms with Crippen molar-refractivity contribution in [1.82, 2.24) is 9.97 Å². The summed E-state index contributed by atoms with van der Waals surface area (Å²) in [4.78, 5) is 7.28. The second-order valence-corrected chi connectivity index (χ2v) is 2.78. The fraction of sp³-hybridized carbons (Fsp3) is 0.100. The number of aromatic amines is 1. The summed E-state index contributed by atoms with van der Waals surface area (Å²) in [6.07, 6.45) is 7.63. The fourth-order valence-electron chi connectivity index (χ4n) is 1.31. The quantitative estimate of drug-likeness (QED) is 0.723. The van der Waals surface area contributed by atoms with Crippen LogP contribution >= 0.6 is 0 Å². The molecule has 0 saturated carbocycles. The van der Waals surface area contributed by atoms with Crippen molar-refractivity contribution in [1.29, 1.82) is 0 Å². The largest absolute Gasteiger partial charge is 0.346 e. The van der Waals surface area contributed by atoms with Crippen LogP contribution in [0.3, 0.4) is 0 Å². The Morgan fingerprint density at radius 3 is 3.31 bits per heavy atom. The third-order valence-corrected chi connectivity index (χ3v) is 1.92.